The van der Waals surface area contributed by atoms with E-state index in [0.29, 0.717) is 22.5 Å². The lowest BCUT2D eigenvalue weighted by molar-refractivity contribution is 0.961. The van der Waals surface area contributed by atoms with Crippen molar-refractivity contribution in [1.29, 1.82) is 0 Å². The molecule has 6 nitrogen and oxygen atoms in total. The number of pyridine rings is 2. The van der Waals surface area contributed by atoms with Crippen LogP contribution in [0.3, 0.4) is 0 Å². The van der Waals surface area contributed by atoms with E-state index in [2.05, 4.69) is 26.4 Å². The highest BCUT2D eigenvalue weighted by atomic mass is 35.5. The number of nitrogens with one attached hydrogen (secondary N) is 2. The molecule has 0 aliphatic rings. The first-order valence-electron chi connectivity index (χ1n) is 9.72. The summed E-state index contributed by atoms with van der Waals surface area (Å²) in [5.74, 6) is 0.646. The number of rotatable bonds is 5. The van der Waals surface area contributed by atoms with Gasteiger partial charge in [-0.1, -0.05) is 35.3 Å². The summed E-state index contributed by atoms with van der Waals surface area (Å²) in [7, 11) is 0. The summed E-state index contributed by atoms with van der Waals surface area (Å²) >= 11 is 12.2. The van der Waals surface area contributed by atoms with Gasteiger partial charge in [-0.2, -0.15) is 5.10 Å². The minimum atomic E-state index is 0.528. The second kappa shape index (κ2) is 8.06. The summed E-state index contributed by atoms with van der Waals surface area (Å²) in [4.78, 5) is 12.9. The molecule has 2 N–H and O–H groups in total. The van der Waals surface area contributed by atoms with Crippen LogP contribution in [0.2, 0.25) is 10.0 Å². The quantitative estimate of drug-likeness (QED) is 0.345. The summed E-state index contributed by atoms with van der Waals surface area (Å²) in [6.07, 6.45) is 3.70. The van der Waals surface area contributed by atoms with Gasteiger partial charge in [-0.05, 0) is 55.0 Å². The molecule has 154 valence electrons. The minimum absolute atomic E-state index is 0.528. The third-order valence-electron chi connectivity index (χ3n) is 4.97. The van der Waals surface area contributed by atoms with Gasteiger partial charge < -0.3 is 10.3 Å². The van der Waals surface area contributed by atoms with Crippen molar-refractivity contribution in [3.05, 3.63) is 88.3 Å². The highest BCUT2D eigenvalue weighted by Crippen LogP contribution is 2.31. The fourth-order valence-electron chi connectivity index (χ4n) is 3.44. The summed E-state index contributed by atoms with van der Waals surface area (Å²) in [6.45, 7) is 2.52. The van der Waals surface area contributed by atoms with Gasteiger partial charge in [0.15, 0.2) is 0 Å². The molecule has 0 unspecified atom stereocenters. The maximum atomic E-state index is 6.14. The van der Waals surface area contributed by atoms with Gasteiger partial charge in [-0.25, -0.2) is 9.50 Å². The van der Waals surface area contributed by atoms with Gasteiger partial charge in [-0.15, -0.1) is 0 Å². The third-order valence-corrected chi connectivity index (χ3v) is 5.70. The van der Waals surface area contributed by atoms with E-state index in [1.54, 1.807) is 12.3 Å². The highest BCUT2D eigenvalue weighted by molar-refractivity contribution is 6.42. The van der Waals surface area contributed by atoms with E-state index in [-0.39, 0.29) is 0 Å². The maximum absolute atomic E-state index is 6.14. The monoisotopic (exact) mass is 448 g/mol. The molecule has 0 bridgehead atoms. The van der Waals surface area contributed by atoms with Crippen LogP contribution in [0.1, 0.15) is 11.3 Å². The lowest BCUT2D eigenvalue weighted by Crippen LogP contribution is -2.01. The maximum Gasteiger partial charge on any atom is 0.201 e. The van der Waals surface area contributed by atoms with Gasteiger partial charge in [0.25, 0.3) is 0 Å². The topological polar surface area (TPSA) is 70.9 Å². The Labute approximate surface area is 188 Å². The molecular formula is C23H18Cl2N6. The van der Waals surface area contributed by atoms with E-state index in [1.807, 2.05) is 60.1 Å². The Morgan fingerprint density at radius 2 is 1.90 bits per heavy atom. The molecule has 0 aliphatic heterocycles. The van der Waals surface area contributed by atoms with Crippen molar-refractivity contribution < 1.29 is 0 Å². The van der Waals surface area contributed by atoms with Gasteiger partial charge >= 0.3 is 0 Å². The lowest BCUT2D eigenvalue weighted by Gasteiger charge is -2.04. The first-order chi connectivity index (χ1) is 15.1. The SMILES string of the molecule is Cc1cccc(-c2[nH]c(NCc3ccc(Cl)c(Cl)c3)nc2-c2ccn3nccc3c2)n1. The van der Waals surface area contributed by atoms with Crippen LogP contribution in [0.25, 0.3) is 28.2 Å². The number of aryl methyl sites for hydroxylation is 1. The van der Waals surface area contributed by atoms with Gasteiger partial charge in [0.1, 0.15) is 5.69 Å². The number of aromatic nitrogens is 5. The molecule has 0 fully saturated rings. The van der Waals surface area contributed by atoms with Crippen LogP contribution < -0.4 is 5.32 Å². The van der Waals surface area contributed by atoms with Crippen molar-refractivity contribution in [2.24, 2.45) is 0 Å². The number of aromatic amines is 1. The molecule has 5 rings (SSSR count). The number of halogens is 2. The average Bonchev–Trinajstić information content (AvgIpc) is 3.41. The van der Waals surface area contributed by atoms with E-state index in [9.17, 15) is 0 Å². The highest BCUT2D eigenvalue weighted by Gasteiger charge is 2.16. The van der Waals surface area contributed by atoms with E-state index in [4.69, 9.17) is 28.2 Å². The number of nitrogens with zero attached hydrogens (tertiary/aromatic N) is 4. The summed E-state index contributed by atoms with van der Waals surface area (Å²) < 4.78 is 1.82. The smallest absolute Gasteiger partial charge is 0.201 e. The number of imidazole rings is 1. The molecule has 0 aliphatic carbocycles. The van der Waals surface area contributed by atoms with Crippen molar-refractivity contribution in [2.75, 3.05) is 5.32 Å². The number of hydrogen-bond acceptors (Lipinski definition) is 4. The molecule has 31 heavy (non-hydrogen) atoms. The molecule has 5 aromatic rings. The Hall–Kier alpha value is -3.35. The number of fused-ring (bicyclic) bond motifs is 1. The molecule has 4 aromatic heterocycles. The molecule has 8 heteroatoms. The van der Waals surface area contributed by atoms with Crippen LogP contribution in [0, 0.1) is 6.92 Å². The predicted molar refractivity (Wildman–Crippen MR) is 125 cm³/mol. The van der Waals surface area contributed by atoms with Gasteiger partial charge in [0, 0.05) is 30.2 Å². The van der Waals surface area contributed by atoms with E-state index < -0.39 is 0 Å². The Balaban J connectivity index is 1.53. The Kier molecular flexibility index (Phi) is 5.10. The first-order valence-corrected chi connectivity index (χ1v) is 10.5. The molecular weight excluding hydrogens is 431 g/mol. The minimum Gasteiger partial charge on any atom is -0.352 e. The van der Waals surface area contributed by atoms with Crippen LogP contribution in [0.5, 0.6) is 0 Å². The summed E-state index contributed by atoms with van der Waals surface area (Å²) in [5.41, 5.74) is 6.41. The number of anilines is 1. The van der Waals surface area contributed by atoms with Crippen molar-refractivity contribution in [1.82, 2.24) is 24.6 Å². The van der Waals surface area contributed by atoms with E-state index in [1.165, 1.54) is 0 Å². The zero-order chi connectivity index (χ0) is 21.4. The lowest BCUT2D eigenvalue weighted by atomic mass is 10.1. The number of hydrogen-bond donors (Lipinski definition) is 2. The molecule has 0 spiro atoms. The van der Waals surface area contributed by atoms with Gasteiger partial charge in [-0.3, -0.25) is 4.98 Å². The van der Waals surface area contributed by atoms with Crippen LogP contribution in [-0.4, -0.2) is 24.6 Å². The molecule has 0 atom stereocenters. The van der Waals surface area contributed by atoms with Crippen LogP contribution >= 0.6 is 23.2 Å². The van der Waals surface area contributed by atoms with Crippen molar-refractivity contribution in [2.45, 2.75) is 13.5 Å². The zero-order valence-electron chi connectivity index (χ0n) is 16.6. The average molecular weight is 449 g/mol. The van der Waals surface area contributed by atoms with Crippen molar-refractivity contribution in [3.8, 4) is 22.6 Å². The second-order valence-corrected chi connectivity index (χ2v) is 8.01. The fraction of sp³-hybridized carbons (Fsp3) is 0.0870. The molecule has 4 heterocycles. The molecule has 0 saturated heterocycles. The molecule has 0 radical (unpaired) electrons. The fourth-order valence-corrected chi connectivity index (χ4v) is 3.76. The van der Waals surface area contributed by atoms with Crippen molar-refractivity contribution in [3.63, 3.8) is 0 Å². The molecule has 0 saturated carbocycles. The molecule has 0 amide bonds. The Morgan fingerprint density at radius 3 is 2.74 bits per heavy atom. The Bertz CT molecular complexity index is 1390. The van der Waals surface area contributed by atoms with Crippen LogP contribution in [-0.2, 0) is 6.54 Å². The van der Waals surface area contributed by atoms with Gasteiger partial charge in [0.05, 0.1) is 26.9 Å². The summed E-state index contributed by atoms with van der Waals surface area (Å²) in [6, 6.07) is 17.5. The largest absolute Gasteiger partial charge is 0.352 e. The van der Waals surface area contributed by atoms with Crippen LogP contribution in [0.15, 0.2) is 67.0 Å². The van der Waals surface area contributed by atoms with E-state index in [0.717, 1.165) is 39.4 Å². The molecule has 1 aromatic carbocycles. The van der Waals surface area contributed by atoms with Crippen LogP contribution in [0.4, 0.5) is 5.95 Å². The second-order valence-electron chi connectivity index (χ2n) is 7.19. The standard InChI is InChI=1S/C23H18Cl2N6/c1-14-3-2-4-20(28-14)22-21(16-8-10-31-17(12-16)7-9-27-31)29-23(30-22)26-13-15-5-6-18(24)19(25)11-15/h2-12H,13H2,1H3,(H2,26,29,30). The van der Waals surface area contributed by atoms with Crippen molar-refractivity contribution >= 4 is 34.7 Å². The van der Waals surface area contributed by atoms with E-state index >= 15 is 0 Å². The third kappa shape index (κ3) is 4.00. The zero-order valence-corrected chi connectivity index (χ0v) is 18.1. The first kappa shape index (κ1) is 19.6. The Morgan fingerprint density at radius 1 is 1.00 bits per heavy atom. The summed E-state index contributed by atoms with van der Waals surface area (Å²) in [5, 5.41) is 8.68. The number of benzene rings is 1. The normalized spacial score (nSPS) is 11.2. The van der Waals surface area contributed by atoms with Gasteiger partial charge in [0.2, 0.25) is 5.95 Å². The predicted octanol–water partition coefficient (Wildman–Crippen LogP) is 6.01. The number of H-pyrrole nitrogens is 1.